The Balaban J connectivity index is 2.22. The number of nitrogens with two attached hydrogens (primary N) is 1. The Hall–Kier alpha value is -1.69. The molecule has 0 saturated carbocycles. The summed E-state index contributed by atoms with van der Waals surface area (Å²) in [4.78, 5) is 1.03. The summed E-state index contributed by atoms with van der Waals surface area (Å²) >= 11 is 1.52. The van der Waals surface area contributed by atoms with Crippen LogP contribution >= 0.6 is 11.8 Å². The van der Waals surface area contributed by atoms with Crippen LogP contribution in [0.3, 0.4) is 0 Å². The number of benzene rings is 1. The van der Waals surface area contributed by atoms with Crippen LogP contribution < -0.4 is 10.5 Å². The molecule has 0 aliphatic carbocycles. The first-order chi connectivity index (χ1) is 8.20. The van der Waals surface area contributed by atoms with Crippen LogP contribution in [0.5, 0.6) is 5.75 Å². The molecule has 0 aliphatic rings. The van der Waals surface area contributed by atoms with Crippen molar-refractivity contribution in [3.8, 4) is 5.75 Å². The molecule has 0 saturated heterocycles. The third kappa shape index (κ3) is 2.71. The van der Waals surface area contributed by atoms with E-state index in [-0.39, 0.29) is 0 Å². The number of hydrogen-bond donors (Lipinski definition) is 1. The average molecular weight is 250 g/mol. The number of rotatable bonds is 4. The van der Waals surface area contributed by atoms with E-state index in [4.69, 9.17) is 10.5 Å². The van der Waals surface area contributed by atoms with Gasteiger partial charge in [0.25, 0.3) is 0 Å². The molecule has 90 valence electrons. The average Bonchev–Trinajstić information content (AvgIpc) is 2.70. The van der Waals surface area contributed by atoms with Gasteiger partial charge in [0.05, 0.1) is 12.3 Å². The Morgan fingerprint density at radius 2 is 2.29 bits per heavy atom. The molecule has 6 heteroatoms. The van der Waals surface area contributed by atoms with Crippen molar-refractivity contribution in [2.75, 3.05) is 12.3 Å². The van der Waals surface area contributed by atoms with Gasteiger partial charge in [0, 0.05) is 11.9 Å². The second-order valence-corrected chi connectivity index (χ2v) is 4.50. The van der Waals surface area contributed by atoms with E-state index in [0.717, 1.165) is 10.1 Å². The van der Waals surface area contributed by atoms with E-state index >= 15 is 0 Å². The lowest BCUT2D eigenvalue weighted by Crippen LogP contribution is -1.97. The largest absolute Gasteiger partial charge is 0.492 e. The normalized spacial score (nSPS) is 10.5. The summed E-state index contributed by atoms with van der Waals surface area (Å²) in [6.45, 7) is 2.53. The smallest absolute Gasteiger partial charge is 0.195 e. The minimum atomic E-state index is 0.599. The lowest BCUT2D eigenvalue weighted by Gasteiger charge is -2.08. The van der Waals surface area contributed by atoms with Gasteiger partial charge in [0.15, 0.2) is 5.16 Å². The summed E-state index contributed by atoms with van der Waals surface area (Å²) in [5.41, 5.74) is 6.46. The molecule has 2 aromatic rings. The number of anilines is 1. The van der Waals surface area contributed by atoms with Crippen LogP contribution in [-0.4, -0.2) is 21.4 Å². The van der Waals surface area contributed by atoms with Crippen LogP contribution in [0.1, 0.15) is 6.92 Å². The summed E-state index contributed by atoms with van der Waals surface area (Å²) < 4.78 is 7.31. The van der Waals surface area contributed by atoms with Gasteiger partial charge in [-0.1, -0.05) is 0 Å². The van der Waals surface area contributed by atoms with Gasteiger partial charge in [-0.05, 0) is 36.9 Å². The van der Waals surface area contributed by atoms with Gasteiger partial charge in [-0.3, -0.25) is 0 Å². The molecule has 17 heavy (non-hydrogen) atoms. The molecule has 0 spiro atoms. The molecule has 5 nitrogen and oxygen atoms in total. The fourth-order valence-electron chi connectivity index (χ4n) is 1.33. The lowest BCUT2D eigenvalue weighted by atomic mass is 10.3. The zero-order chi connectivity index (χ0) is 12.3. The summed E-state index contributed by atoms with van der Waals surface area (Å²) in [6, 6.07) is 5.69. The molecule has 2 rings (SSSR count). The fourth-order valence-corrected chi connectivity index (χ4v) is 2.12. The van der Waals surface area contributed by atoms with Gasteiger partial charge in [0.2, 0.25) is 0 Å². The Morgan fingerprint density at radius 1 is 1.47 bits per heavy atom. The van der Waals surface area contributed by atoms with E-state index in [0.29, 0.717) is 18.0 Å². The topological polar surface area (TPSA) is 66.0 Å². The van der Waals surface area contributed by atoms with Gasteiger partial charge in [-0.2, -0.15) is 0 Å². The molecule has 0 radical (unpaired) electrons. The third-order valence-corrected chi connectivity index (χ3v) is 3.21. The predicted octanol–water partition coefficient (Wildman–Crippen LogP) is 1.95. The third-order valence-electron chi connectivity index (χ3n) is 2.16. The quantitative estimate of drug-likeness (QED) is 0.840. The van der Waals surface area contributed by atoms with E-state index in [1.54, 1.807) is 6.33 Å². The van der Waals surface area contributed by atoms with Crippen LogP contribution in [0.4, 0.5) is 5.69 Å². The Labute approximate surface area is 104 Å². The second-order valence-electron chi connectivity index (χ2n) is 3.46. The summed E-state index contributed by atoms with van der Waals surface area (Å²) in [5, 5.41) is 8.67. The van der Waals surface area contributed by atoms with Gasteiger partial charge < -0.3 is 15.0 Å². The summed E-state index contributed by atoms with van der Waals surface area (Å²) in [6.07, 6.45) is 1.67. The van der Waals surface area contributed by atoms with Crippen molar-refractivity contribution in [1.29, 1.82) is 0 Å². The highest BCUT2D eigenvalue weighted by Crippen LogP contribution is 2.31. The zero-order valence-electron chi connectivity index (χ0n) is 9.75. The maximum absolute atomic E-state index is 5.81. The van der Waals surface area contributed by atoms with Crippen molar-refractivity contribution < 1.29 is 4.74 Å². The highest BCUT2D eigenvalue weighted by atomic mass is 32.2. The SMILES string of the molecule is CCOc1cc(Sc2nncn2C)ccc1N. The Morgan fingerprint density at radius 3 is 2.94 bits per heavy atom. The Bertz CT molecular complexity index is 512. The van der Waals surface area contributed by atoms with Crippen molar-refractivity contribution in [2.45, 2.75) is 17.0 Å². The Kier molecular flexibility index (Phi) is 3.53. The van der Waals surface area contributed by atoms with Gasteiger partial charge in [0.1, 0.15) is 12.1 Å². The predicted molar refractivity (Wildman–Crippen MR) is 67.1 cm³/mol. The van der Waals surface area contributed by atoms with Crippen LogP contribution in [-0.2, 0) is 7.05 Å². The maximum atomic E-state index is 5.81. The summed E-state index contributed by atoms with van der Waals surface area (Å²) in [5.74, 6) is 0.708. The molecule has 1 aromatic carbocycles. The van der Waals surface area contributed by atoms with Gasteiger partial charge in [-0.15, -0.1) is 10.2 Å². The number of aryl methyl sites for hydroxylation is 1. The van der Waals surface area contributed by atoms with E-state index < -0.39 is 0 Å². The molecule has 0 bridgehead atoms. The number of hydrogen-bond acceptors (Lipinski definition) is 5. The van der Waals surface area contributed by atoms with Crippen LogP contribution in [0, 0.1) is 0 Å². The number of ether oxygens (including phenoxy) is 1. The molecule has 0 amide bonds. The first-order valence-corrected chi connectivity index (χ1v) is 6.06. The van der Waals surface area contributed by atoms with Crippen LogP contribution in [0.25, 0.3) is 0 Å². The zero-order valence-corrected chi connectivity index (χ0v) is 10.6. The monoisotopic (exact) mass is 250 g/mol. The lowest BCUT2D eigenvalue weighted by molar-refractivity contribution is 0.341. The minimum Gasteiger partial charge on any atom is -0.492 e. The van der Waals surface area contributed by atoms with E-state index in [2.05, 4.69) is 10.2 Å². The standard InChI is InChI=1S/C11H14N4OS/c1-3-16-10-6-8(4-5-9(10)12)17-11-14-13-7-15(11)2/h4-7H,3,12H2,1-2H3. The summed E-state index contributed by atoms with van der Waals surface area (Å²) in [7, 11) is 1.91. The molecular weight excluding hydrogens is 236 g/mol. The van der Waals surface area contributed by atoms with Crippen molar-refractivity contribution in [3.05, 3.63) is 24.5 Å². The highest BCUT2D eigenvalue weighted by Gasteiger charge is 2.06. The molecule has 0 aliphatic heterocycles. The molecule has 1 heterocycles. The van der Waals surface area contributed by atoms with Crippen LogP contribution in [0.15, 0.2) is 34.6 Å². The van der Waals surface area contributed by atoms with Gasteiger partial charge >= 0.3 is 0 Å². The van der Waals surface area contributed by atoms with E-state index in [1.165, 1.54) is 11.8 Å². The molecule has 0 unspecified atom stereocenters. The fraction of sp³-hybridized carbons (Fsp3) is 0.273. The van der Waals surface area contributed by atoms with Gasteiger partial charge in [-0.25, -0.2) is 0 Å². The van der Waals surface area contributed by atoms with Crippen molar-refractivity contribution >= 4 is 17.4 Å². The number of nitrogen functional groups attached to an aromatic ring is 1. The molecule has 1 aromatic heterocycles. The molecule has 0 atom stereocenters. The van der Waals surface area contributed by atoms with Crippen molar-refractivity contribution in [3.63, 3.8) is 0 Å². The molecule has 2 N–H and O–H groups in total. The number of aromatic nitrogens is 3. The van der Waals surface area contributed by atoms with E-state index in [9.17, 15) is 0 Å². The minimum absolute atomic E-state index is 0.599. The highest BCUT2D eigenvalue weighted by molar-refractivity contribution is 7.99. The van der Waals surface area contributed by atoms with E-state index in [1.807, 2.05) is 36.7 Å². The molecule has 0 fully saturated rings. The van der Waals surface area contributed by atoms with Crippen molar-refractivity contribution in [1.82, 2.24) is 14.8 Å². The first-order valence-electron chi connectivity index (χ1n) is 5.25. The maximum Gasteiger partial charge on any atom is 0.195 e. The first kappa shape index (κ1) is 11.8. The second kappa shape index (κ2) is 5.09. The van der Waals surface area contributed by atoms with Crippen LogP contribution in [0.2, 0.25) is 0 Å². The molecular formula is C11H14N4OS. The number of nitrogens with zero attached hydrogens (tertiary/aromatic N) is 3. The van der Waals surface area contributed by atoms with Crippen molar-refractivity contribution in [2.24, 2.45) is 7.05 Å².